The molecule has 0 radical (unpaired) electrons. The minimum Gasteiger partial charge on any atom is -0.346 e. The van der Waals surface area contributed by atoms with E-state index in [-0.39, 0.29) is 17.4 Å². The number of amides is 1. The van der Waals surface area contributed by atoms with Crippen molar-refractivity contribution < 1.29 is 9.18 Å². The fraction of sp³-hybridized carbons (Fsp3) is 0.105. The topological polar surface area (TPSA) is 81.6 Å². The Balaban J connectivity index is 1.84. The number of aromatic amines is 1. The molecule has 26 heavy (non-hydrogen) atoms. The Morgan fingerprint density at radius 3 is 2.85 bits per heavy atom. The molecular weight excluding hydrogens is 355 g/mol. The summed E-state index contributed by atoms with van der Waals surface area (Å²) in [6, 6.07) is 9.06. The van der Waals surface area contributed by atoms with Crippen molar-refractivity contribution in [3.05, 3.63) is 70.3 Å². The number of benzene rings is 1. The zero-order valence-electron chi connectivity index (χ0n) is 13.8. The van der Waals surface area contributed by atoms with Gasteiger partial charge in [-0.05, 0) is 36.8 Å². The quantitative estimate of drug-likeness (QED) is 0.536. The van der Waals surface area contributed by atoms with E-state index >= 15 is 0 Å². The van der Waals surface area contributed by atoms with Crippen molar-refractivity contribution in [3.63, 3.8) is 0 Å². The van der Waals surface area contributed by atoms with Gasteiger partial charge in [-0.25, -0.2) is 9.37 Å². The van der Waals surface area contributed by atoms with Crippen LogP contribution < -0.4 is 5.32 Å². The molecule has 0 aliphatic rings. The lowest BCUT2D eigenvalue weighted by Crippen LogP contribution is -2.27. The summed E-state index contributed by atoms with van der Waals surface area (Å²) < 4.78 is 13.0. The summed E-state index contributed by atoms with van der Waals surface area (Å²) in [5.74, 6) is -0.870. The Kier molecular flexibility index (Phi) is 5.01. The van der Waals surface area contributed by atoms with E-state index in [2.05, 4.69) is 15.3 Å². The van der Waals surface area contributed by atoms with E-state index in [0.29, 0.717) is 21.6 Å². The van der Waals surface area contributed by atoms with Crippen molar-refractivity contribution in [3.8, 4) is 6.07 Å². The summed E-state index contributed by atoms with van der Waals surface area (Å²) in [7, 11) is 0. The molecule has 3 aromatic rings. The van der Waals surface area contributed by atoms with Crippen LogP contribution in [0.25, 0.3) is 17.1 Å². The lowest BCUT2D eigenvalue weighted by molar-refractivity contribution is -0.117. The average Bonchev–Trinajstić information content (AvgIpc) is 3.01. The fourth-order valence-electron chi connectivity index (χ4n) is 2.53. The number of nitriles is 1. The molecule has 0 spiro atoms. The number of nitrogens with one attached hydrogen (secondary N) is 2. The maximum Gasteiger partial charge on any atom is 0.262 e. The van der Waals surface area contributed by atoms with Gasteiger partial charge in [0.15, 0.2) is 0 Å². The maximum absolute atomic E-state index is 13.0. The van der Waals surface area contributed by atoms with Crippen LogP contribution in [0.4, 0.5) is 4.39 Å². The molecular formula is C19H14ClFN4O. The summed E-state index contributed by atoms with van der Waals surface area (Å²) >= 11 is 5.96. The van der Waals surface area contributed by atoms with Gasteiger partial charge in [0.05, 0.1) is 11.1 Å². The molecule has 130 valence electrons. The molecule has 2 N–H and O–H groups in total. The van der Waals surface area contributed by atoms with E-state index in [1.807, 2.05) is 6.07 Å². The van der Waals surface area contributed by atoms with Gasteiger partial charge in [-0.2, -0.15) is 5.26 Å². The highest BCUT2D eigenvalue weighted by molar-refractivity contribution is 6.31. The minimum atomic E-state index is -0.520. The van der Waals surface area contributed by atoms with Crippen LogP contribution in [0.15, 0.2) is 48.3 Å². The number of fused-ring (bicyclic) bond motifs is 1. The van der Waals surface area contributed by atoms with Crippen LogP contribution in [-0.4, -0.2) is 15.9 Å². The highest BCUT2D eigenvalue weighted by atomic mass is 35.5. The van der Waals surface area contributed by atoms with E-state index < -0.39 is 5.91 Å². The van der Waals surface area contributed by atoms with Crippen molar-refractivity contribution in [2.24, 2.45) is 0 Å². The monoisotopic (exact) mass is 368 g/mol. The molecule has 0 aliphatic heterocycles. The zero-order valence-corrected chi connectivity index (χ0v) is 14.5. The number of carbonyl (C=O) groups is 1. The normalized spacial score (nSPS) is 12.6. The third-order valence-electron chi connectivity index (χ3n) is 3.91. The molecule has 0 saturated heterocycles. The number of pyridine rings is 1. The van der Waals surface area contributed by atoms with E-state index in [0.717, 1.165) is 5.56 Å². The van der Waals surface area contributed by atoms with Crippen LogP contribution in [0.1, 0.15) is 24.1 Å². The van der Waals surface area contributed by atoms with Crippen LogP contribution in [0.3, 0.4) is 0 Å². The average molecular weight is 369 g/mol. The Morgan fingerprint density at radius 2 is 2.15 bits per heavy atom. The zero-order chi connectivity index (χ0) is 18.7. The first-order chi connectivity index (χ1) is 12.5. The standard InChI is InChI=1S/C19H14ClFN4O/c1-11(12-2-4-16(21)5-3-12)25-19(26)13(8-22)6-14-9-23-18-17(14)7-15(20)10-24-18/h2-7,9-11H,1H3,(H,23,24)(H,25,26)/b13-6+/t11-/m1/s1. The highest BCUT2D eigenvalue weighted by Crippen LogP contribution is 2.22. The van der Waals surface area contributed by atoms with Gasteiger partial charge in [0.25, 0.3) is 5.91 Å². The molecule has 2 heterocycles. The first kappa shape index (κ1) is 17.6. The van der Waals surface area contributed by atoms with E-state index in [1.54, 1.807) is 31.3 Å². The molecule has 2 aromatic heterocycles. The number of aromatic nitrogens is 2. The summed E-state index contributed by atoms with van der Waals surface area (Å²) in [6.07, 6.45) is 4.64. The van der Waals surface area contributed by atoms with Crippen LogP contribution in [0, 0.1) is 17.1 Å². The number of hydrogen-bond donors (Lipinski definition) is 2. The molecule has 0 fully saturated rings. The fourth-order valence-corrected chi connectivity index (χ4v) is 2.69. The molecule has 0 unspecified atom stereocenters. The van der Waals surface area contributed by atoms with Crippen molar-refractivity contribution >= 4 is 34.6 Å². The van der Waals surface area contributed by atoms with E-state index in [1.165, 1.54) is 24.4 Å². The second kappa shape index (κ2) is 7.38. The molecule has 0 bridgehead atoms. The summed E-state index contributed by atoms with van der Waals surface area (Å²) in [4.78, 5) is 19.5. The second-order valence-electron chi connectivity index (χ2n) is 5.71. The minimum absolute atomic E-state index is 0.0557. The largest absolute Gasteiger partial charge is 0.346 e. The number of halogens is 2. The molecule has 0 aliphatic carbocycles. The smallest absolute Gasteiger partial charge is 0.262 e. The van der Waals surface area contributed by atoms with Gasteiger partial charge in [0.2, 0.25) is 0 Å². The van der Waals surface area contributed by atoms with Gasteiger partial charge < -0.3 is 10.3 Å². The summed E-state index contributed by atoms with van der Waals surface area (Å²) in [5, 5.41) is 13.3. The van der Waals surface area contributed by atoms with Crippen molar-refractivity contribution in [2.45, 2.75) is 13.0 Å². The van der Waals surface area contributed by atoms with E-state index in [9.17, 15) is 14.4 Å². The van der Waals surface area contributed by atoms with Gasteiger partial charge in [-0.15, -0.1) is 0 Å². The Hall–Kier alpha value is -3.17. The number of carbonyl (C=O) groups excluding carboxylic acids is 1. The van der Waals surface area contributed by atoms with Crippen molar-refractivity contribution in [1.82, 2.24) is 15.3 Å². The molecule has 7 heteroatoms. The van der Waals surface area contributed by atoms with Crippen LogP contribution in [0.2, 0.25) is 5.02 Å². The first-order valence-electron chi connectivity index (χ1n) is 7.78. The molecule has 0 saturated carbocycles. The summed E-state index contributed by atoms with van der Waals surface area (Å²) in [5.41, 5.74) is 1.93. The third kappa shape index (κ3) is 3.73. The predicted molar refractivity (Wildman–Crippen MR) is 97.7 cm³/mol. The predicted octanol–water partition coefficient (Wildman–Crippen LogP) is 4.14. The second-order valence-corrected chi connectivity index (χ2v) is 6.15. The number of H-pyrrole nitrogens is 1. The van der Waals surface area contributed by atoms with Gasteiger partial charge in [-0.1, -0.05) is 23.7 Å². The molecule has 1 aromatic carbocycles. The Morgan fingerprint density at radius 1 is 1.42 bits per heavy atom. The van der Waals surface area contributed by atoms with Gasteiger partial charge in [0, 0.05) is 23.3 Å². The number of nitrogens with zero attached hydrogens (tertiary/aromatic N) is 2. The van der Waals surface area contributed by atoms with Gasteiger partial charge in [-0.3, -0.25) is 4.79 Å². The number of hydrogen-bond acceptors (Lipinski definition) is 3. The molecule has 1 amide bonds. The number of rotatable bonds is 4. The molecule has 5 nitrogen and oxygen atoms in total. The Bertz CT molecular complexity index is 1030. The summed E-state index contributed by atoms with van der Waals surface area (Å²) in [6.45, 7) is 1.76. The highest BCUT2D eigenvalue weighted by Gasteiger charge is 2.15. The maximum atomic E-state index is 13.0. The Labute approximate surface area is 154 Å². The van der Waals surface area contributed by atoms with Gasteiger partial charge in [0.1, 0.15) is 23.1 Å². The SMILES string of the molecule is C[C@@H](NC(=O)/C(C#N)=C/c1c[nH]c2ncc(Cl)cc12)c1ccc(F)cc1. The van der Waals surface area contributed by atoms with Gasteiger partial charge >= 0.3 is 0 Å². The molecule has 3 rings (SSSR count). The lowest BCUT2D eigenvalue weighted by Gasteiger charge is -2.13. The van der Waals surface area contributed by atoms with Crippen LogP contribution in [-0.2, 0) is 4.79 Å². The van der Waals surface area contributed by atoms with Crippen LogP contribution in [0.5, 0.6) is 0 Å². The molecule has 1 atom stereocenters. The first-order valence-corrected chi connectivity index (χ1v) is 8.16. The third-order valence-corrected chi connectivity index (χ3v) is 4.12. The van der Waals surface area contributed by atoms with Crippen LogP contribution >= 0.6 is 11.6 Å². The van der Waals surface area contributed by atoms with Crippen molar-refractivity contribution in [2.75, 3.05) is 0 Å². The lowest BCUT2D eigenvalue weighted by atomic mass is 10.1. The van der Waals surface area contributed by atoms with E-state index in [4.69, 9.17) is 11.6 Å². The van der Waals surface area contributed by atoms with Crippen molar-refractivity contribution in [1.29, 1.82) is 5.26 Å².